The summed E-state index contributed by atoms with van der Waals surface area (Å²) < 4.78 is 9.99. The van der Waals surface area contributed by atoms with E-state index in [0.717, 1.165) is 5.92 Å². The Kier molecular flexibility index (Phi) is 1.52. The summed E-state index contributed by atoms with van der Waals surface area (Å²) >= 11 is 0. The number of methoxy groups -OCH3 is 2. The van der Waals surface area contributed by atoms with Crippen molar-refractivity contribution in [3.63, 3.8) is 0 Å². The molecule has 2 unspecified atom stereocenters. The van der Waals surface area contributed by atoms with Crippen LogP contribution in [0, 0.1) is 58.7 Å². The predicted molar refractivity (Wildman–Crippen MR) is 63.5 cm³/mol. The molecule has 19 heavy (non-hydrogen) atoms. The summed E-state index contributed by atoms with van der Waals surface area (Å²) in [5.41, 5.74) is 0.444. The lowest BCUT2D eigenvalue weighted by molar-refractivity contribution is -0.171. The quantitative estimate of drug-likeness (QED) is 0.695. The standard InChI is InChI=1S/C15H18O4/c1-15-10-4-5(10)7-9(14(17)19-3)8(13(16)18-2)6(4)11(15)12(7)15/h4-12H,1-3H3/t4-,5-,6+,7+,8-,9+,10?,11-,12+,15?/m1/s1. The van der Waals surface area contributed by atoms with Gasteiger partial charge in [0.25, 0.3) is 0 Å². The van der Waals surface area contributed by atoms with Crippen LogP contribution in [-0.2, 0) is 19.1 Å². The number of carbonyl (C=O) groups is 2. The van der Waals surface area contributed by atoms with Gasteiger partial charge in [0.05, 0.1) is 26.1 Å². The van der Waals surface area contributed by atoms with Crippen LogP contribution in [0.15, 0.2) is 0 Å². The zero-order valence-electron chi connectivity index (χ0n) is 11.3. The first-order chi connectivity index (χ1) is 9.08. The largest absolute Gasteiger partial charge is 0.469 e. The molecule has 0 amide bonds. The van der Waals surface area contributed by atoms with Crippen molar-refractivity contribution >= 4 is 11.9 Å². The summed E-state index contributed by atoms with van der Waals surface area (Å²) in [5, 5.41) is 0. The van der Waals surface area contributed by atoms with Crippen molar-refractivity contribution in [2.45, 2.75) is 6.92 Å². The van der Waals surface area contributed by atoms with Crippen LogP contribution in [0.25, 0.3) is 0 Å². The Morgan fingerprint density at radius 3 is 1.47 bits per heavy atom. The van der Waals surface area contributed by atoms with E-state index >= 15 is 0 Å². The van der Waals surface area contributed by atoms with Crippen molar-refractivity contribution < 1.29 is 19.1 Å². The fourth-order valence-corrected chi connectivity index (χ4v) is 7.30. The molecule has 6 aliphatic carbocycles. The van der Waals surface area contributed by atoms with Crippen molar-refractivity contribution in [3.05, 3.63) is 0 Å². The van der Waals surface area contributed by atoms with Crippen LogP contribution in [0.3, 0.4) is 0 Å². The van der Waals surface area contributed by atoms with E-state index in [1.54, 1.807) is 0 Å². The highest BCUT2D eigenvalue weighted by molar-refractivity contribution is 5.84. The lowest BCUT2D eigenvalue weighted by Crippen LogP contribution is -2.51. The molecule has 10 atom stereocenters. The Labute approximate surface area is 111 Å². The summed E-state index contributed by atoms with van der Waals surface area (Å²) in [7, 11) is 2.87. The Balaban J connectivity index is 1.62. The second-order valence-corrected chi connectivity index (χ2v) is 7.35. The van der Waals surface area contributed by atoms with Gasteiger partial charge < -0.3 is 9.47 Å². The topological polar surface area (TPSA) is 52.6 Å². The first kappa shape index (κ1) is 10.7. The molecule has 6 saturated carbocycles. The van der Waals surface area contributed by atoms with Gasteiger partial charge >= 0.3 is 11.9 Å². The third kappa shape index (κ3) is 0.796. The van der Waals surface area contributed by atoms with E-state index in [1.165, 1.54) is 14.2 Å². The smallest absolute Gasteiger partial charge is 0.309 e. The predicted octanol–water partition coefficient (Wildman–Crippen LogP) is 0.952. The van der Waals surface area contributed by atoms with E-state index in [9.17, 15) is 9.59 Å². The van der Waals surface area contributed by atoms with Gasteiger partial charge in [0, 0.05) is 0 Å². The number of carbonyl (C=O) groups excluding carboxylic acids is 2. The van der Waals surface area contributed by atoms with Gasteiger partial charge in [-0.05, 0) is 46.8 Å². The lowest BCUT2D eigenvalue weighted by atomic mass is 9.58. The highest BCUT2D eigenvalue weighted by atomic mass is 16.5. The number of rotatable bonds is 2. The summed E-state index contributed by atoms with van der Waals surface area (Å²) in [6, 6.07) is 0. The Morgan fingerprint density at radius 2 is 1.21 bits per heavy atom. The van der Waals surface area contributed by atoms with Crippen LogP contribution >= 0.6 is 0 Å². The number of fused-ring (bicyclic) bond motifs is 1. The van der Waals surface area contributed by atoms with Gasteiger partial charge in [-0.3, -0.25) is 9.59 Å². The molecule has 2 bridgehead atoms. The molecule has 4 nitrogen and oxygen atoms in total. The van der Waals surface area contributed by atoms with Gasteiger partial charge in [-0.25, -0.2) is 0 Å². The fourth-order valence-electron chi connectivity index (χ4n) is 7.30. The average molecular weight is 262 g/mol. The highest BCUT2D eigenvalue weighted by Crippen LogP contribution is 2.98. The summed E-state index contributed by atoms with van der Waals surface area (Å²) in [5.74, 6) is 3.50. The van der Waals surface area contributed by atoms with E-state index in [-0.39, 0.29) is 23.8 Å². The third-order valence-corrected chi connectivity index (χ3v) is 7.45. The van der Waals surface area contributed by atoms with Crippen molar-refractivity contribution in [3.8, 4) is 0 Å². The summed E-state index contributed by atoms with van der Waals surface area (Å²) in [6.45, 7) is 2.38. The van der Waals surface area contributed by atoms with E-state index in [2.05, 4.69) is 6.92 Å². The molecule has 0 N–H and O–H groups in total. The highest BCUT2D eigenvalue weighted by Gasteiger charge is 2.97. The molecule has 102 valence electrons. The SMILES string of the molecule is COC(=O)[C@@H]1[C@H](C(=O)OC)[C@@H]2[C@@H]3C4[C@H]3[C@@H]1[C@H]1[C@@H]2C41C. The molecule has 0 saturated heterocycles. The number of esters is 2. The molecule has 0 spiro atoms. The maximum Gasteiger partial charge on any atom is 0.309 e. The number of hydrogen-bond acceptors (Lipinski definition) is 4. The van der Waals surface area contributed by atoms with E-state index in [4.69, 9.17) is 9.47 Å². The second kappa shape index (κ2) is 2.70. The Bertz CT molecular complexity index is 484. The van der Waals surface area contributed by atoms with Crippen molar-refractivity contribution in [1.29, 1.82) is 0 Å². The molecule has 6 rings (SSSR count). The molecular formula is C15H18O4. The summed E-state index contributed by atoms with van der Waals surface area (Å²) in [6.07, 6.45) is 0. The van der Waals surface area contributed by atoms with Gasteiger partial charge in [0.15, 0.2) is 0 Å². The molecule has 0 aromatic heterocycles. The van der Waals surface area contributed by atoms with Gasteiger partial charge in [0.2, 0.25) is 0 Å². The maximum atomic E-state index is 12.2. The van der Waals surface area contributed by atoms with Crippen molar-refractivity contribution in [2.24, 2.45) is 58.7 Å². The van der Waals surface area contributed by atoms with Crippen LogP contribution in [0.1, 0.15) is 6.92 Å². The van der Waals surface area contributed by atoms with E-state index in [0.29, 0.717) is 40.9 Å². The van der Waals surface area contributed by atoms with Crippen LogP contribution < -0.4 is 0 Å². The number of hydrogen-bond donors (Lipinski definition) is 0. The Hall–Kier alpha value is -1.06. The average Bonchev–Trinajstić information content (AvgIpc) is 3.26. The molecule has 6 aliphatic rings. The minimum Gasteiger partial charge on any atom is -0.469 e. The normalized spacial score (nSPS) is 64.7. The molecule has 4 heteroatoms. The van der Waals surface area contributed by atoms with Crippen molar-refractivity contribution in [2.75, 3.05) is 14.2 Å². The molecule has 0 aromatic rings. The number of ether oxygens (including phenoxy) is 2. The van der Waals surface area contributed by atoms with Crippen LogP contribution in [-0.4, -0.2) is 26.2 Å². The molecule has 0 heterocycles. The molecule has 0 aliphatic heterocycles. The maximum absolute atomic E-state index is 12.2. The second-order valence-electron chi connectivity index (χ2n) is 7.35. The minimum absolute atomic E-state index is 0.191. The van der Waals surface area contributed by atoms with Crippen LogP contribution in [0.5, 0.6) is 0 Å². The molecule has 6 fully saturated rings. The molecule has 0 aromatic carbocycles. The van der Waals surface area contributed by atoms with E-state index in [1.807, 2.05) is 0 Å². The van der Waals surface area contributed by atoms with Gasteiger partial charge in [-0.15, -0.1) is 0 Å². The van der Waals surface area contributed by atoms with Gasteiger partial charge in [-0.1, -0.05) is 6.92 Å². The molecule has 0 radical (unpaired) electrons. The van der Waals surface area contributed by atoms with Crippen molar-refractivity contribution in [1.82, 2.24) is 0 Å². The zero-order chi connectivity index (χ0) is 13.3. The zero-order valence-corrected chi connectivity index (χ0v) is 11.3. The van der Waals surface area contributed by atoms with Crippen LogP contribution in [0.4, 0.5) is 0 Å². The fraction of sp³-hybridized carbons (Fsp3) is 0.867. The van der Waals surface area contributed by atoms with Gasteiger partial charge in [0.1, 0.15) is 0 Å². The third-order valence-electron chi connectivity index (χ3n) is 7.45. The molecular weight excluding hydrogens is 244 g/mol. The lowest BCUT2D eigenvalue weighted by Gasteiger charge is -2.44. The first-order valence-corrected chi connectivity index (χ1v) is 7.24. The monoisotopic (exact) mass is 262 g/mol. The summed E-state index contributed by atoms with van der Waals surface area (Å²) in [4.78, 5) is 24.4. The first-order valence-electron chi connectivity index (χ1n) is 7.24. The van der Waals surface area contributed by atoms with E-state index < -0.39 is 0 Å². The van der Waals surface area contributed by atoms with Gasteiger partial charge in [-0.2, -0.15) is 0 Å². The Morgan fingerprint density at radius 1 is 0.789 bits per heavy atom. The van der Waals surface area contributed by atoms with Crippen LogP contribution in [0.2, 0.25) is 0 Å². The minimum atomic E-state index is -0.237.